The van der Waals surface area contributed by atoms with E-state index in [0.29, 0.717) is 6.42 Å². The third-order valence-corrected chi connectivity index (χ3v) is 6.63. The summed E-state index contributed by atoms with van der Waals surface area (Å²) in [4.78, 5) is 24.5. The second-order valence-corrected chi connectivity index (χ2v) is 8.38. The minimum absolute atomic E-state index is 0.127. The molecule has 0 saturated carbocycles. The zero-order chi connectivity index (χ0) is 15.7. The third kappa shape index (κ3) is 3.08. The highest BCUT2D eigenvalue weighted by molar-refractivity contribution is 7.11. The number of amides is 1. The Hall–Kier alpha value is -1.27. The van der Waals surface area contributed by atoms with Gasteiger partial charge in [-0.15, -0.1) is 22.7 Å². The van der Waals surface area contributed by atoms with Crippen molar-refractivity contribution >= 4 is 28.6 Å². The fraction of sp³-hybridized carbons (Fsp3) is 0.562. The molecule has 1 amide bonds. The Kier molecular flexibility index (Phi) is 4.32. The number of aryl methyl sites for hydroxylation is 2. The van der Waals surface area contributed by atoms with Gasteiger partial charge in [0.05, 0.1) is 22.1 Å². The van der Waals surface area contributed by atoms with Gasteiger partial charge in [0, 0.05) is 35.0 Å². The first-order valence-electron chi connectivity index (χ1n) is 7.58. The van der Waals surface area contributed by atoms with E-state index in [-0.39, 0.29) is 11.3 Å². The van der Waals surface area contributed by atoms with Crippen LogP contribution < -0.4 is 0 Å². The average molecular weight is 335 g/mol. The molecule has 0 unspecified atom stereocenters. The Morgan fingerprint density at radius 1 is 1.36 bits per heavy atom. The number of carbonyl (C=O) groups is 1. The monoisotopic (exact) mass is 335 g/mol. The lowest BCUT2D eigenvalue weighted by Crippen LogP contribution is -2.44. The van der Waals surface area contributed by atoms with Gasteiger partial charge >= 0.3 is 0 Å². The van der Waals surface area contributed by atoms with Crippen molar-refractivity contribution in [3.8, 4) is 0 Å². The number of carbonyl (C=O) groups excluding carboxylic acids is 1. The summed E-state index contributed by atoms with van der Waals surface area (Å²) in [6, 6.07) is 0. The summed E-state index contributed by atoms with van der Waals surface area (Å²) in [6.45, 7) is 7.90. The second kappa shape index (κ2) is 6.08. The highest BCUT2D eigenvalue weighted by atomic mass is 32.1. The minimum Gasteiger partial charge on any atom is -0.342 e. The van der Waals surface area contributed by atoms with E-state index in [2.05, 4.69) is 16.9 Å². The first-order valence-corrected chi connectivity index (χ1v) is 9.28. The lowest BCUT2D eigenvalue weighted by atomic mass is 9.81. The van der Waals surface area contributed by atoms with Crippen molar-refractivity contribution in [1.82, 2.24) is 14.9 Å². The Bertz CT molecular complexity index is 655. The van der Waals surface area contributed by atoms with Crippen molar-refractivity contribution in [2.75, 3.05) is 13.1 Å². The van der Waals surface area contributed by atoms with Crippen molar-refractivity contribution < 1.29 is 4.79 Å². The van der Waals surface area contributed by atoms with Crippen molar-refractivity contribution in [2.24, 2.45) is 0 Å². The second-order valence-electron chi connectivity index (χ2n) is 6.20. The molecule has 0 spiro atoms. The van der Waals surface area contributed by atoms with Crippen molar-refractivity contribution in [3.63, 3.8) is 0 Å². The van der Waals surface area contributed by atoms with E-state index in [1.165, 1.54) is 5.01 Å². The molecule has 22 heavy (non-hydrogen) atoms. The van der Waals surface area contributed by atoms with E-state index >= 15 is 0 Å². The van der Waals surface area contributed by atoms with Gasteiger partial charge in [-0.25, -0.2) is 9.97 Å². The van der Waals surface area contributed by atoms with Crippen molar-refractivity contribution in [3.05, 3.63) is 32.2 Å². The number of likely N-dealkylation sites (tertiary alicyclic amines) is 1. The maximum Gasteiger partial charge on any atom is 0.227 e. The predicted molar refractivity (Wildman–Crippen MR) is 90.6 cm³/mol. The van der Waals surface area contributed by atoms with Crippen LogP contribution in [0.2, 0.25) is 0 Å². The number of aromatic nitrogens is 2. The Labute approximate surface area is 139 Å². The van der Waals surface area contributed by atoms with Crippen LogP contribution in [0.1, 0.15) is 40.4 Å². The van der Waals surface area contributed by atoms with Gasteiger partial charge in [0.2, 0.25) is 5.91 Å². The van der Waals surface area contributed by atoms with Crippen molar-refractivity contribution in [1.29, 1.82) is 0 Å². The molecular weight excluding hydrogens is 314 g/mol. The largest absolute Gasteiger partial charge is 0.342 e. The molecule has 2 aromatic heterocycles. The zero-order valence-corrected chi connectivity index (χ0v) is 14.9. The summed E-state index contributed by atoms with van der Waals surface area (Å²) in [6.07, 6.45) is 4.35. The maximum atomic E-state index is 12.5. The van der Waals surface area contributed by atoms with Crippen LogP contribution in [0.3, 0.4) is 0 Å². The molecule has 1 saturated heterocycles. The highest BCUT2D eigenvalue weighted by Gasteiger charge is 2.35. The molecule has 2 aromatic rings. The molecule has 4 nitrogen and oxygen atoms in total. The van der Waals surface area contributed by atoms with Crippen LogP contribution in [0.4, 0.5) is 0 Å². The summed E-state index contributed by atoms with van der Waals surface area (Å²) in [7, 11) is 0. The van der Waals surface area contributed by atoms with Gasteiger partial charge in [-0.1, -0.05) is 6.92 Å². The molecule has 1 fully saturated rings. The van der Waals surface area contributed by atoms with E-state index in [9.17, 15) is 4.79 Å². The quantitative estimate of drug-likeness (QED) is 0.864. The van der Waals surface area contributed by atoms with Gasteiger partial charge in [-0.05, 0) is 26.7 Å². The Balaban J connectivity index is 1.61. The average Bonchev–Trinajstić information content (AvgIpc) is 3.10. The van der Waals surface area contributed by atoms with Crippen LogP contribution >= 0.6 is 22.7 Å². The molecule has 6 heteroatoms. The summed E-state index contributed by atoms with van der Waals surface area (Å²) >= 11 is 3.36. The molecule has 0 radical (unpaired) electrons. The third-order valence-electron chi connectivity index (χ3n) is 4.48. The lowest BCUT2D eigenvalue weighted by Gasteiger charge is -2.38. The van der Waals surface area contributed by atoms with Crippen LogP contribution in [-0.2, 0) is 16.6 Å². The molecule has 0 atom stereocenters. The minimum atomic E-state index is 0.127. The van der Waals surface area contributed by atoms with Gasteiger partial charge in [0.15, 0.2) is 0 Å². The number of nitrogens with zero attached hydrogens (tertiary/aromatic N) is 3. The van der Waals surface area contributed by atoms with Gasteiger partial charge < -0.3 is 4.90 Å². The van der Waals surface area contributed by atoms with E-state index in [4.69, 9.17) is 0 Å². The SMILES string of the molecule is Cc1nc(C)c(CC(=O)N2CCC(C)(c3nccs3)CC2)s1. The van der Waals surface area contributed by atoms with Crippen LogP contribution in [0.5, 0.6) is 0 Å². The molecule has 1 aliphatic heterocycles. The predicted octanol–water partition coefficient (Wildman–Crippen LogP) is 3.34. The van der Waals surface area contributed by atoms with E-state index in [1.807, 2.05) is 30.3 Å². The fourth-order valence-electron chi connectivity index (χ4n) is 2.97. The molecule has 0 bridgehead atoms. The Morgan fingerprint density at radius 2 is 2.09 bits per heavy atom. The molecule has 0 N–H and O–H groups in total. The number of piperidine rings is 1. The summed E-state index contributed by atoms with van der Waals surface area (Å²) < 4.78 is 0. The number of hydrogen-bond acceptors (Lipinski definition) is 5. The maximum absolute atomic E-state index is 12.5. The smallest absolute Gasteiger partial charge is 0.227 e. The highest BCUT2D eigenvalue weighted by Crippen LogP contribution is 2.36. The summed E-state index contributed by atoms with van der Waals surface area (Å²) in [5, 5.41) is 4.27. The number of rotatable bonds is 3. The molecular formula is C16H21N3OS2. The summed E-state index contributed by atoms with van der Waals surface area (Å²) in [5.41, 5.74) is 1.13. The fourth-order valence-corrected chi connectivity index (χ4v) is 4.76. The van der Waals surface area contributed by atoms with E-state index < -0.39 is 0 Å². The molecule has 3 heterocycles. The van der Waals surface area contributed by atoms with Crippen LogP contribution in [0.15, 0.2) is 11.6 Å². The van der Waals surface area contributed by atoms with Gasteiger partial charge in [-0.2, -0.15) is 0 Å². The van der Waals surface area contributed by atoms with Gasteiger partial charge in [0.1, 0.15) is 0 Å². The Morgan fingerprint density at radius 3 is 2.64 bits per heavy atom. The molecule has 0 aromatic carbocycles. The normalized spacial score (nSPS) is 17.7. The van der Waals surface area contributed by atoms with Crippen molar-refractivity contribution in [2.45, 2.75) is 45.4 Å². The van der Waals surface area contributed by atoms with E-state index in [0.717, 1.165) is 41.5 Å². The van der Waals surface area contributed by atoms with Gasteiger partial charge in [0.25, 0.3) is 0 Å². The first-order chi connectivity index (χ1) is 10.5. The van der Waals surface area contributed by atoms with Crippen LogP contribution in [0.25, 0.3) is 0 Å². The van der Waals surface area contributed by atoms with E-state index in [1.54, 1.807) is 22.7 Å². The van der Waals surface area contributed by atoms with Crippen LogP contribution in [-0.4, -0.2) is 33.9 Å². The number of thiazole rings is 2. The summed E-state index contributed by atoms with van der Waals surface area (Å²) in [5.74, 6) is 0.230. The molecule has 3 rings (SSSR count). The standard InChI is InChI=1S/C16H21N3OS2/c1-11-13(22-12(2)18-11)10-14(20)19-7-4-16(3,5-8-19)15-17-6-9-21-15/h6,9H,4-5,7-8,10H2,1-3H3. The zero-order valence-electron chi connectivity index (χ0n) is 13.3. The lowest BCUT2D eigenvalue weighted by molar-refractivity contribution is -0.131. The first kappa shape index (κ1) is 15.6. The number of hydrogen-bond donors (Lipinski definition) is 0. The topological polar surface area (TPSA) is 46.1 Å². The van der Waals surface area contributed by atoms with Gasteiger partial charge in [-0.3, -0.25) is 4.79 Å². The van der Waals surface area contributed by atoms with Crippen LogP contribution in [0, 0.1) is 13.8 Å². The molecule has 0 aliphatic carbocycles. The molecule has 1 aliphatic rings. The molecule has 118 valence electrons.